The lowest BCUT2D eigenvalue weighted by Gasteiger charge is -2.22. The molecule has 0 aromatic rings. The van der Waals surface area contributed by atoms with E-state index in [1.807, 2.05) is 0 Å². The summed E-state index contributed by atoms with van der Waals surface area (Å²) in [5, 5.41) is 3.21. The zero-order chi connectivity index (χ0) is 11.1. The molecule has 0 spiro atoms. The molecular weight excluding hydrogens is 194 g/mol. The number of ether oxygens (including phenoxy) is 2. The fourth-order valence-corrected chi connectivity index (χ4v) is 2.18. The molecule has 0 bridgehead atoms. The normalized spacial score (nSPS) is 19.1. The second kappa shape index (κ2) is 6.80. The first-order chi connectivity index (χ1) is 7.29. The molecule has 1 saturated carbocycles. The van der Waals surface area contributed by atoms with Gasteiger partial charge in [0, 0.05) is 13.7 Å². The molecule has 1 fully saturated rings. The fraction of sp³-hybridized carbons (Fsp3) is 0.909. The van der Waals surface area contributed by atoms with Crippen LogP contribution in [0.1, 0.15) is 25.7 Å². The van der Waals surface area contributed by atoms with E-state index >= 15 is 0 Å². The second-order valence-corrected chi connectivity index (χ2v) is 3.99. The molecule has 4 nitrogen and oxygen atoms in total. The lowest BCUT2D eigenvalue weighted by atomic mass is 9.98. The largest absolute Gasteiger partial charge is 0.468 e. The van der Waals surface area contributed by atoms with Crippen LogP contribution in [0.5, 0.6) is 0 Å². The topological polar surface area (TPSA) is 47.6 Å². The number of hydrogen-bond donors (Lipinski definition) is 1. The summed E-state index contributed by atoms with van der Waals surface area (Å²) >= 11 is 0. The van der Waals surface area contributed by atoms with E-state index in [1.165, 1.54) is 20.0 Å². The van der Waals surface area contributed by atoms with Crippen LogP contribution in [0, 0.1) is 5.92 Å². The highest BCUT2D eigenvalue weighted by Crippen LogP contribution is 2.28. The fourth-order valence-electron chi connectivity index (χ4n) is 2.18. The minimum atomic E-state index is -0.146. The molecule has 0 radical (unpaired) electrons. The molecule has 1 atom stereocenters. The summed E-state index contributed by atoms with van der Waals surface area (Å²) in [5.41, 5.74) is 0. The van der Waals surface area contributed by atoms with E-state index in [1.54, 1.807) is 7.11 Å². The molecule has 0 saturated heterocycles. The zero-order valence-corrected chi connectivity index (χ0v) is 9.62. The van der Waals surface area contributed by atoms with Crippen LogP contribution in [-0.2, 0) is 14.3 Å². The minimum Gasteiger partial charge on any atom is -0.468 e. The van der Waals surface area contributed by atoms with E-state index < -0.39 is 0 Å². The minimum absolute atomic E-state index is 0.141. The van der Waals surface area contributed by atoms with Gasteiger partial charge in [-0.15, -0.1) is 0 Å². The third kappa shape index (κ3) is 3.80. The summed E-state index contributed by atoms with van der Waals surface area (Å²) in [7, 11) is 3.10. The van der Waals surface area contributed by atoms with Gasteiger partial charge in [-0.1, -0.05) is 12.8 Å². The maximum atomic E-state index is 11.6. The van der Waals surface area contributed by atoms with Crippen molar-refractivity contribution in [3.8, 4) is 0 Å². The number of methoxy groups -OCH3 is 2. The van der Waals surface area contributed by atoms with Crippen molar-refractivity contribution in [2.45, 2.75) is 31.7 Å². The van der Waals surface area contributed by atoms with E-state index in [9.17, 15) is 4.79 Å². The van der Waals surface area contributed by atoms with Crippen LogP contribution in [0.15, 0.2) is 0 Å². The summed E-state index contributed by atoms with van der Waals surface area (Å²) in [5.74, 6) is 0.298. The van der Waals surface area contributed by atoms with Crippen LogP contribution < -0.4 is 5.32 Å². The van der Waals surface area contributed by atoms with E-state index in [0.29, 0.717) is 19.1 Å². The lowest BCUT2D eigenvalue weighted by Crippen LogP contribution is -2.44. The number of hydrogen-bond acceptors (Lipinski definition) is 4. The Balaban J connectivity index is 2.40. The van der Waals surface area contributed by atoms with E-state index in [2.05, 4.69) is 5.32 Å². The average molecular weight is 215 g/mol. The quantitative estimate of drug-likeness (QED) is 0.529. The summed E-state index contributed by atoms with van der Waals surface area (Å²) in [6.45, 7) is 1.33. The van der Waals surface area contributed by atoms with Crippen LogP contribution in [0.2, 0.25) is 0 Å². The monoisotopic (exact) mass is 215 g/mol. The Labute approximate surface area is 91.3 Å². The number of carbonyl (C=O) groups is 1. The molecule has 0 amide bonds. The average Bonchev–Trinajstić information content (AvgIpc) is 2.77. The van der Waals surface area contributed by atoms with Gasteiger partial charge in [-0.25, -0.2) is 0 Å². The Morgan fingerprint density at radius 2 is 2.07 bits per heavy atom. The van der Waals surface area contributed by atoms with Crippen LogP contribution in [0.4, 0.5) is 0 Å². The predicted molar refractivity (Wildman–Crippen MR) is 57.6 cm³/mol. The van der Waals surface area contributed by atoms with Gasteiger partial charge in [-0.05, 0) is 18.8 Å². The SMILES string of the molecule is COCCNC(C(=O)OC)C1CCCC1. The van der Waals surface area contributed by atoms with Gasteiger partial charge in [-0.2, -0.15) is 0 Å². The van der Waals surface area contributed by atoms with Crippen molar-refractivity contribution >= 4 is 5.97 Å². The summed E-state index contributed by atoms with van der Waals surface area (Å²) in [4.78, 5) is 11.6. The Morgan fingerprint density at radius 3 is 2.60 bits per heavy atom. The highest BCUT2D eigenvalue weighted by molar-refractivity contribution is 5.76. The van der Waals surface area contributed by atoms with Crippen molar-refractivity contribution in [1.82, 2.24) is 5.32 Å². The van der Waals surface area contributed by atoms with Gasteiger partial charge in [0.15, 0.2) is 0 Å². The Bertz CT molecular complexity index is 190. The Hall–Kier alpha value is -0.610. The molecule has 4 heteroatoms. The van der Waals surface area contributed by atoms with Crippen LogP contribution >= 0.6 is 0 Å². The summed E-state index contributed by atoms with van der Waals surface area (Å²) in [6, 6.07) is -0.146. The van der Waals surface area contributed by atoms with Gasteiger partial charge in [0.2, 0.25) is 0 Å². The molecule has 1 N–H and O–H groups in total. The molecule has 1 rings (SSSR count). The van der Waals surface area contributed by atoms with Crippen molar-refractivity contribution in [3.05, 3.63) is 0 Å². The first-order valence-corrected chi connectivity index (χ1v) is 5.59. The van der Waals surface area contributed by atoms with Crippen molar-refractivity contribution in [1.29, 1.82) is 0 Å². The van der Waals surface area contributed by atoms with Crippen LogP contribution in [0.25, 0.3) is 0 Å². The number of carbonyl (C=O) groups excluding carboxylic acids is 1. The van der Waals surface area contributed by atoms with Crippen molar-refractivity contribution < 1.29 is 14.3 Å². The van der Waals surface area contributed by atoms with Gasteiger partial charge in [0.25, 0.3) is 0 Å². The zero-order valence-electron chi connectivity index (χ0n) is 9.62. The first kappa shape index (κ1) is 12.5. The molecule has 1 aliphatic rings. The number of esters is 1. The standard InChI is InChI=1S/C11H21NO3/c1-14-8-7-12-10(11(13)15-2)9-5-3-4-6-9/h9-10,12H,3-8H2,1-2H3. The summed E-state index contributed by atoms with van der Waals surface area (Å²) < 4.78 is 9.77. The van der Waals surface area contributed by atoms with E-state index in [4.69, 9.17) is 9.47 Å². The maximum absolute atomic E-state index is 11.6. The van der Waals surface area contributed by atoms with Crippen LogP contribution in [0.3, 0.4) is 0 Å². The van der Waals surface area contributed by atoms with E-state index in [-0.39, 0.29) is 12.0 Å². The molecule has 0 aromatic carbocycles. The lowest BCUT2D eigenvalue weighted by molar-refractivity contribution is -0.144. The smallest absolute Gasteiger partial charge is 0.323 e. The Morgan fingerprint density at radius 1 is 1.40 bits per heavy atom. The second-order valence-electron chi connectivity index (χ2n) is 3.99. The van der Waals surface area contributed by atoms with Crippen molar-refractivity contribution in [2.24, 2.45) is 5.92 Å². The third-order valence-corrected chi connectivity index (χ3v) is 3.00. The molecule has 88 valence electrons. The van der Waals surface area contributed by atoms with E-state index in [0.717, 1.165) is 12.8 Å². The van der Waals surface area contributed by atoms with Crippen LogP contribution in [-0.4, -0.2) is 39.4 Å². The predicted octanol–water partition coefficient (Wildman–Crippen LogP) is 0.954. The van der Waals surface area contributed by atoms with Gasteiger partial charge in [-0.3, -0.25) is 4.79 Å². The molecule has 0 aromatic heterocycles. The number of rotatable bonds is 6. The number of nitrogens with one attached hydrogen (secondary N) is 1. The molecule has 1 aliphatic carbocycles. The summed E-state index contributed by atoms with van der Waals surface area (Å²) in [6.07, 6.45) is 4.70. The third-order valence-electron chi connectivity index (χ3n) is 3.00. The van der Waals surface area contributed by atoms with Gasteiger partial charge in [0.05, 0.1) is 13.7 Å². The molecular formula is C11H21NO3. The molecule has 15 heavy (non-hydrogen) atoms. The van der Waals surface area contributed by atoms with Gasteiger partial charge >= 0.3 is 5.97 Å². The maximum Gasteiger partial charge on any atom is 0.323 e. The first-order valence-electron chi connectivity index (χ1n) is 5.59. The van der Waals surface area contributed by atoms with Crippen molar-refractivity contribution in [3.63, 3.8) is 0 Å². The highest BCUT2D eigenvalue weighted by Gasteiger charge is 2.30. The molecule has 0 heterocycles. The molecule has 0 aliphatic heterocycles. The Kier molecular flexibility index (Phi) is 5.65. The van der Waals surface area contributed by atoms with Crippen molar-refractivity contribution in [2.75, 3.05) is 27.4 Å². The van der Waals surface area contributed by atoms with Gasteiger partial charge in [0.1, 0.15) is 6.04 Å². The highest BCUT2D eigenvalue weighted by atomic mass is 16.5. The molecule has 1 unspecified atom stereocenters. The van der Waals surface area contributed by atoms with Gasteiger partial charge < -0.3 is 14.8 Å².